The highest BCUT2D eigenvalue weighted by Crippen LogP contribution is 2.44. The molecule has 5 heterocycles. The number of rotatable bonds is 3. The Morgan fingerprint density at radius 1 is 1.06 bits per heavy atom. The van der Waals surface area contributed by atoms with Crippen molar-refractivity contribution in [3.05, 3.63) is 94.7 Å². The molecule has 1 atom stereocenters. The van der Waals surface area contributed by atoms with Crippen LogP contribution < -0.4 is 4.90 Å². The summed E-state index contributed by atoms with van der Waals surface area (Å²) in [6.45, 7) is 5.74. The summed E-state index contributed by atoms with van der Waals surface area (Å²) in [5.41, 5.74) is 4.97. The minimum atomic E-state index is -0.894. The number of Topliss-reactive ketones (excluding diaryl/α,β-unsaturated/α-hetero) is 1. The number of aromatic nitrogens is 4. The third kappa shape index (κ3) is 3.24. The Hall–Kier alpha value is -4.37. The quantitative estimate of drug-likeness (QED) is 0.217. The van der Waals surface area contributed by atoms with Crippen LogP contribution in [0, 0.1) is 20.8 Å². The second-order valence-corrected chi connectivity index (χ2v) is 9.86. The molecule has 36 heavy (non-hydrogen) atoms. The van der Waals surface area contributed by atoms with Crippen molar-refractivity contribution in [3.8, 4) is 0 Å². The molecule has 0 spiro atoms. The summed E-state index contributed by atoms with van der Waals surface area (Å²) in [6.07, 6.45) is 4.98. The van der Waals surface area contributed by atoms with Gasteiger partial charge in [-0.3, -0.25) is 23.9 Å². The zero-order valence-electron chi connectivity index (χ0n) is 19.8. The average Bonchev–Trinajstić information content (AvgIpc) is 3.50. The summed E-state index contributed by atoms with van der Waals surface area (Å²) in [5.74, 6) is -1.81. The van der Waals surface area contributed by atoms with Crippen LogP contribution in [0.4, 0.5) is 5.13 Å². The van der Waals surface area contributed by atoms with Crippen molar-refractivity contribution in [2.75, 3.05) is 4.90 Å². The fraction of sp³-hybridized carbons (Fsp3) is 0.148. The molecule has 6 rings (SSSR count). The summed E-state index contributed by atoms with van der Waals surface area (Å²) >= 11 is 1.34. The van der Waals surface area contributed by atoms with Gasteiger partial charge in [-0.15, -0.1) is 0 Å². The van der Waals surface area contributed by atoms with Crippen LogP contribution in [0.2, 0.25) is 0 Å². The minimum Gasteiger partial charge on any atom is -0.505 e. The lowest BCUT2D eigenvalue weighted by atomic mass is 9.97. The second-order valence-electron chi connectivity index (χ2n) is 8.86. The van der Waals surface area contributed by atoms with Crippen LogP contribution in [0.5, 0.6) is 0 Å². The van der Waals surface area contributed by atoms with E-state index in [1.54, 1.807) is 42.0 Å². The molecule has 0 aliphatic carbocycles. The van der Waals surface area contributed by atoms with Gasteiger partial charge in [-0.05, 0) is 61.7 Å². The Bertz CT molecular complexity index is 1730. The number of pyridine rings is 2. The van der Waals surface area contributed by atoms with E-state index < -0.39 is 17.7 Å². The number of hydrogen-bond donors (Lipinski definition) is 1. The fourth-order valence-corrected chi connectivity index (χ4v) is 6.04. The summed E-state index contributed by atoms with van der Waals surface area (Å²) < 4.78 is 2.63. The number of nitrogens with zero attached hydrogens (tertiary/aromatic N) is 5. The predicted molar refractivity (Wildman–Crippen MR) is 138 cm³/mol. The summed E-state index contributed by atoms with van der Waals surface area (Å²) in [6, 6.07) is 12.1. The van der Waals surface area contributed by atoms with E-state index in [9.17, 15) is 14.7 Å². The lowest BCUT2D eigenvalue weighted by Gasteiger charge is -2.22. The summed E-state index contributed by atoms with van der Waals surface area (Å²) in [4.78, 5) is 41.9. The number of thiazole rings is 1. The average molecular weight is 496 g/mol. The standard InChI is InChI=1S/C27H21N5O3S/c1-14-11-15(2)21-18(12-14)36-27(30-21)32-23(17-7-6-9-28-13-17)20(25(34)26(32)35)24(33)22-16(3)29-19-8-4-5-10-31(19)22/h4-13,23,33H,1-3H3. The normalized spacial score (nSPS) is 17.5. The molecule has 1 aliphatic rings. The Balaban J connectivity index is 1.61. The topological polar surface area (TPSA) is 101 Å². The molecular formula is C27H21N5O3S. The monoisotopic (exact) mass is 495 g/mol. The highest BCUT2D eigenvalue weighted by molar-refractivity contribution is 7.22. The van der Waals surface area contributed by atoms with Gasteiger partial charge < -0.3 is 5.11 Å². The molecule has 5 aromatic rings. The van der Waals surface area contributed by atoms with Gasteiger partial charge in [-0.25, -0.2) is 9.97 Å². The van der Waals surface area contributed by atoms with E-state index >= 15 is 0 Å². The van der Waals surface area contributed by atoms with E-state index in [1.807, 2.05) is 44.2 Å². The molecule has 1 unspecified atom stereocenters. The Morgan fingerprint density at radius 2 is 1.89 bits per heavy atom. The van der Waals surface area contributed by atoms with Gasteiger partial charge in [-0.2, -0.15) is 0 Å². The van der Waals surface area contributed by atoms with Crippen LogP contribution in [0.1, 0.15) is 34.1 Å². The van der Waals surface area contributed by atoms with Gasteiger partial charge in [0.25, 0.3) is 5.78 Å². The van der Waals surface area contributed by atoms with Crippen molar-refractivity contribution in [2.45, 2.75) is 26.8 Å². The van der Waals surface area contributed by atoms with Crippen molar-refractivity contribution >= 4 is 49.8 Å². The van der Waals surface area contributed by atoms with Gasteiger partial charge in [0.2, 0.25) is 0 Å². The lowest BCUT2D eigenvalue weighted by molar-refractivity contribution is -0.132. The molecule has 1 N–H and O–H groups in total. The van der Waals surface area contributed by atoms with Gasteiger partial charge in [0.05, 0.1) is 27.5 Å². The number of anilines is 1. The minimum absolute atomic E-state index is 0.0195. The number of carbonyl (C=O) groups is 2. The number of aryl methyl sites for hydroxylation is 3. The Morgan fingerprint density at radius 3 is 2.67 bits per heavy atom. The smallest absolute Gasteiger partial charge is 0.301 e. The van der Waals surface area contributed by atoms with Gasteiger partial charge in [0.1, 0.15) is 11.3 Å². The maximum atomic E-state index is 13.5. The molecule has 8 nitrogen and oxygen atoms in total. The molecule has 0 radical (unpaired) electrons. The van der Waals surface area contributed by atoms with Crippen molar-refractivity contribution in [1.82, 2.24) is 19.4 Å². The summed E-state index contributed by atoms with van der Waals surface area (Å²) in [5, 5.41) is 12.0. The fourth-order valence-electron chi connectivity index (χ4n) is 4.87. The molecule has 178 valence electrons. The van der Waals surface area contributed by atoms with E-state index in [0.29, 0.717) is 27.7 Å². The SMILES string of the molecule is Cc1cc(C)c2nc(N3C(=O)C(=O)C(=C(O)c4c(C)nc5ccccn45)C3c3cccnc3)sc2c1. The third-order valence-corrected chi connectivity index (χ3v) is 7.40. The number of hydrogen-bond acceptors (Lipinski definition) is 7. The zero-order valence-corrected chi connectivity index (χ0v) is 20.6. The first-order valence-corrected chi connectivity index (χ1v) is 12.2. The molecule has 1 fully saturated rings. The zero-order chi connectivity index (χ0) is 25.1. The molecule has 1 aliphatic heterocycles. The number of ketones is 1. The Kier molecular flexibility index (Phi) is 4.97. The first-order valence-electron chi connectivity index (χ1n) is 11.4. The maximum absolute atomic E-state index is 13.5. The van der Waals surface area contributed by atoms with Crippen LogP contribution in [0.25, 0.3) is 21.6 Å². The Labute approximate surface area is 210 Å². The summed E-state index contributed by atoms with van der Waals surface area (Å²) in [7, 11) is 0. The van der Waals surface area contributed by atoms with Crippen LogP contribution in [-0.2, 0) is 9.59 Å². The third-order valence-electron chi connectivity index (χ3n) is 6.40. The van der Waals surface area contributed by atoms with Gasteiger partial charge in [0.15, 0.2) is 10.9 Å². The molecule has 0 bridgehead atoms. The van der Waals surface area contributed by atoms with E-state index in [2.05, 4.69) is 9.97 Å². The number of aliphatic hydroxyl groups is 1. The predicted octanol–water partition coefficient (Wildman–Crippen LogP) is 4.89. The van der Waals surface area contributed by atoms with E-state index in [0.717, 1.165) is 21.3 Å². The number of aliphatic hydroxyl groups excluding tert-OH is 1. The highest BCUT2D eigenvalue weighted by Gasteiger charge is 2.48. The number of benzene rings is 1. The molecule has 1 saturated heterocycles. The molecule has 9 heteroatoms. The van der Waals surface area contributed by atoms with Gasteiger partial charge in [0, 0.05) is 18.6 Å². The first-order chi connectivity index (χ1) is 17.3. The van der Waals surface area contributed by atoms with E-state index in [1.165, 1.54) is 16.2 Å². The number of imidazole rings is 1. The molecular weight excluding hydrogens is 474 g/mol. The van der Waals surface area contributed by atoms with E-state index in [4.69, 9.17) is 4.98 Å². The van der Waals surface area contributed by atoms with Crippen LogP contribution >= 0.6 is 11.3 Å². The number of fused-ring (bicyclic) bond motifs is 2. The highest BCUT2D eigenvalue weighted by atomic mass is 32.1. The number of carbonyl (C=O) groups excluding carboxylic acids is 2. The molecule has 4 aromatic heterocycles. The van der Waals surface area contributed by atoms with Gasteiger partial charge >= 0.3 is 5.91 Å². The van der Waals surface area contributed by atoms with Gasteiger partial charge in [-0.1, -0.05) is 29.5 Å². The second kappa shape index (κ2) is 8.10. The van der Waals surface area contributed by atoms with Crippen molar-refractivity contribution < 1.29 is 14.7 Å². The van der Waals surface area contributed by atoms with Crippen molar-refractivity contribution in [2.24, 2.45) is 0 Å². The molecule has 0 saturated carbocycles. The van der Waals surface area contributed by atoms with E-state index in [-0.39, 0.29) is 11.3 Å². The lowest BCUT2D eigenvalue weighted by Crippen LogP contribution is -2.29. The molecule has 1 aromatic carbocycles. The van der Waals surface area contributed by atoms with Crippen molar-refractivity contribution in [1.29, 1.82) is 0 Å². The number of amides is 1. The van der Waals surface area contributed by atoms with Crippen LogP contribution in [0.15, 0.2) is 66.6 Å². The molecule has 1 amide bonds. The van der Waals surface area contributed by atoms with Crippen molar-refractivity contribution in [3.63, 3.8) is 0 Å². The van der Waals surface area contributed by atoms with Crippen LogP contribution in [-0.4, -0.2) is 36.1 Å². The maximum Gasteiger partial charge on any atom is 0.301 e. The van der Waals surface area contributed by atoms with Crippen LogP contribution in [0.3, 0.4) is 0 Å². The first kappa shape index (κ1) is 22.1. The largest absolute Gasteiger partial charge is 0.505 e.